The molecule has 1 amide bonds. The van der Waals surface area contributed by atoms with Gasteiger partial charge in [0.15, 0.2) is 0 Å². The van der Waals surface area contributed by atoms with Crippen molar-refractivity contribution in [2.45, 2.75) is 6.54 Å². The maximum Gasteiger partial charge on any atom is 0.253 e. The molecule has 0 unspecified atom stereocenters. The Morgan fingerprint density at radius 1 is 1.47 bits per heavy atom. The number of hydrogen-bond donors (Lipinski definition) is 2. The highest BCUT2D eigenvalue weighted by molar-refractivity contribution is 9.10. The van der Waals surface area contributed by atoms with Gasteiger partial charge in [-0.15, -0.1) is 5.10 Å². The van der Waals surface area contributed by atoms with Crippen molar-refractivity contribution in [3.05, 3.63) is 45.5 Å². The SMILES string of the molecule is O=C(NCc1csnn1)c1c[nH]c2ccc(Br)cc12. The number of aromatic amines is 1. The van der Waals surface area contributed by atoms with E-state index in [1.165, 1.54) is 11.5 Å². The summed E-state index contributed by atoms with van der Waals surface area (Å²) < 4.78 is 4.69. The third-order valence-corrected chi connectivity index (χ3v) is 3.77. The molecular weight excluding hydrogens is 328 g/mol. The molecule has 19 heavy (non-hydrogen) atoms. The average Bonchev–Trinajstić information content (AvgIpc) is 3.04. The second-order valence-corrected chi connectivity index (χ2v) is 5.50. The van der Waals surface area contributed by atoms with Gasteiger partial charge in [-0.2, -0.15) is 0 Å². The Hall–Kier alpha value is -1.73. The van der Waals surface area contributed by atoms with Gasteiger partial charge in [-0.1, -0.05) is 20.4 Å². The molecule has 0 aliphatic heterocycles. The van der Waals surface area contributed by atoms with E-state index in [0.29, 0.717) is 12.1 Å². The number of carbonyl (C=O) groups is 1. The summed E-state index contributed by atoms with van der Waals surface area (Å²) in [6.07, 6.45) is 1.71. The predicted octanol–water partition coefficient (Wildman–Crippen LogP) is 2.71. The van der Waals surface area contributed by atoms with Gasteiger partial charge in [0.25, 0.3) is 5.91 Å². The normalized spacial score (nSPS) is 10.8. The molecule has 5 nitrogen and oxygen atoms in total. The van der Waals surface area contributed by atoms with Crippen LogP contribution in [0.4, 0.5) is 0 Å². The molecule has 3 rings (SSSR count). The van der Waals surface area contributed by atoms with Crippen LogP contribution in [-0.2, 0) is 6.54 Å². The molecule has 1 aromatic carbocycles. The summed E-state index contributed by atoms with van der Waals surface area (Å²) in [5.41, 5.74) is 2.32. The summed E-state index contributed by atoms with van der Waals surface area (Å²) in [6, 6.07) is 5.78. The number of carbonyl (C=O) groups excluding carboxylic acids is 1. The quantitative estimate of drug-likeness (QED) is 0.772. The number of rotatable bonds is 3. The predicted molar refractivity (Wildman–Crippen MR) is 77.1 cm³/mol. The molecule has 0 atom stereocenters. The maximum atomic E-state index is 12.1. The van der Waals surface area contributed by atoms with Crippen molar-refractivity contribution in [1.29, 1.82) is 0 Å². The van der Waals surface area contributed by atoms with Crippen molar-refractivity contribution in [3.8, 4) is 0 Å². The molecule has 7 heteroatoms. The summed E-state index contributed by atoms with van der Waals surface area (Å²) in [4.78, 5) is 15.2. The average molecular weight is 337 g/mol. The lowest BCUT2D eigenvalue weighted by atomic mass is 10.1. The lowest BCUT2D eigenvalue weighted by molar-refractivity contribution is 0.0952. The third kappa shape index (κ3) is 2.52. The lowest BCUT2D eigenvalue weighted by Crippen LogP contribution is -2.22. The number of nitrogens with one attached hydrogen (secondary N) is 2. The van der Waals surface area contributed by atoms with Crippen molar-refractivity contribution in [2.24, 2.45) is 0 Å². The van der Waals surface area contributed by atoms with Crippen molar-refractivity contribution in [2.75, 3.05) is 0 Å². The first-order valence-electron chi connectivity index (χ1n) is 5.55. The molecule has 0 spiro atoms. The van der Waals surface area contributed by atoms with Gasteiger partial charge in [-0.3, -0.25) is 4.79 Å². The Labute approximate surface area is 121 Å². The molecule has 96 valence electrons. The van der Waals surface area contributed by atoms with E-state index in [9.17, 15) is 4.79 Å². The van der Waals surface area contributed by atoms with Gasteiger partial charge in [0.05, 0.1) is 17.8 Å². The van der Waals surface area contributed by atoms with Crippen LogP contribution in [0.15, 0.2) is 34.2 Å². The smallest absolute Gasteiger partial charge is 0.253 e. The molecule has 0 fully saturated rings. The second-order valence-electron chi connectivity index (χ2n) is 3.97. The van der Waals surface area contributed by atoms with E-state index < -0.39 is 0 Å². The minimum absolute atomic E-state index is 0.127. The number of aromatic nitrogens is 3. The largest absolute Gasteiger partial charge is 0.360 e. The van der Waals surface area contributed by atoms with E-state index >= 15 is 0 Å². The Kier molecular flexibility index (Phi) is 3.31. The van der Waals surface area contributed by atoms with Crippen molar-refractivity contribution >= 4 is 44.3 Å². The Morgan fingerprint density at radius 2 is 2.37 bits per heavy atom. The van der Waals surface area contributed by atoms with Gasteiger partial charge >= 0.3 is 0 Å². The molecule has 0 bridgehead atoms. The van der Waals surface area contributed by atoms with Crippen LogP contribution in [0, 0.1) is 0 Å². The molecule has 3 aromatic rings. The minimum atomic E-state index is -0.127. The molecule has 2 aromatic heterocycles. The number of amides is 1. The van der Waals surface area contributed by atoms with Crippen LogP contribution in [0.5, 0.6) is 0 Å². The Bertz CT molecular complexity index is 722. The van der Waals surface area contributed by atoms with Gasteiger partial charge in [0, 0.05) is 27.0 Å². The first-order valence-corrected chi connectivity index (χ1v) is 7.18. The molecule has 0 aliphatic carbocycles. The molecular formula is C12H9BrN4OS. The zero-order valence-corrected chi connectivity index (χ0v) is 12.1. The highest BCUT2D eigenvalue weighted by Crippen LogP contribution is 2.22. The van der Waals surface area contributed by atoms with Crippen molar-refractivity contribution < 1.29 is 4.79 Å². The number of halogens is 1. The van der Waals surface area contributed by atoms with Crippen LogP contribution in [0.3, 0.4) is 0 Å². The van der Waals surface area contributed by atoms with Crippen LogP contribution in [-0.4, -0.2) is 20.5 Å². The lowest BCUT2D eigenvalue weighted by Gasteiger charge is -2.01. The van der Waals surface area contributed by atoms with Crippen LogP contribution >= 0.6 is 27.5 Å². The molecule has 0 aliphatic rings. The van der Waals surface area contributed by atoms with Gasteiger partial charge in [0.2, 0.25) is 0 Å². The zero-order chi connectivity index (χ0) is 13.2. The molecule has 0 saturated carbocycles. The summed E-state index contributed by atoms with van der Waals surface area (Å²) in [5, 5.41) is 9.42. The highest BCUT2D eigenvalue weighted by Gasteiger charge is 2.12. The number of nitrogens with zero attached hydrogens (tertiary/aromatic N) is 2. The standard InChI is InChI=1S/C12H9BrN4OS/c13-7-1-2-11-9(3-7)10(5-14-11)12(18)15-4-8-6-19-17-16-8/h1-3,5-6,14H,4H2,(H,15,18). The fourth-order valence-electron chi connectivity index (χ4n) is 1.81. The second kappa shape index (κ2) is 5.10. The molecule has 0 saturated heterocycles. The maximum absolute atomic E-state index is 12.1. The van der Waals surface area contributed by atoms with Crippen LogP contribution in [0.1, 0.15) is 16.1 Å². The fraction of sp³-hybridized carbons (Fsp3) is 0.0833. The summed E-state index contributed by atoms with van der Waals surface area (Å²) >= 11 is 4.68. The Morgan fingerprint density at radius 3 is 3.16 bits per heavy atom. The summed E-state index contributed by atoms with van der Waals surface area (Å²) in [6.45, 7) is 0.385. The minimum Gasteiger partial charge on any atom is -0.360 e. The van der Waals surface area contributed by atoms with Crippen LogP contribution < -0.4 is 5.32 Å². The number of benzene rings is 1. The van der Waals surface area contributed by atoms with Crippen LogP contribution in [0.2, 0.25) is 0 Å². The molecule has 2 heterocycles. The van der Waals surface area contributed by atoms with Crippen molar-refractivity contribution in [1.82, 2.24) is 19.9 Å². The summed E-state index contributed by atoms with van der Waals surface area (Å²) in [7, 11) is 0. The Balaban J connectivity index is 1.83. The van der Waals surface area contributed by atoms with E-state index in [1.54, 1.807) is 6.20 Å². The number of H-pyrrole nitrogens is 1. The van der Waals surface area contributed by atoms with Gasteiger partial charge in [-0.05, 0) is 29.7 Å². The molecule has 0 radical (unpaired) electrons. The van der Waals surface area contributed by atoms with E-state index in [2.05, 4.69) is 35.8 Å². The number of fused-ring (bicyclic) bond motifs is 1. The van der Waals surface area contributed by atoms with E-state index in [1.807, 2.05) is 23.6 Å². The highest BCUT2D eigenvalue weighted by atomic mass is 79.9. The zero-order valence-electron chi connectivity index (χ0n) is 9.68. The first kappa shape index (κ1) is 12.3. The van der Waals surface area contributed by atoms with Gasteiger partial charge < -0.3 is 10.3 Å². The van der Waals surface area contributed by atoms with E-state index in [4.69, 9.17) is 0 Å². The monoisotopic (exact) mass is 336 g/mol. The van der Waals surface area contributed by atoms with Crippen molar-refractivity contribution in [3.63, 3.8) is 0 Å². The third-order valence-electron chi connectivity index (χ3n) is 2.72. The topological polar surface area (TPSA) is 70.7 Å². The van der Waals surface area contributed by atoms with E-state index in [0.717, 1.165) is 21.1 Å². The first-order chi connectivity index (χ1) is 9.24. The summed E-state index contributed by atoms with van der Waals surface area (Å²) in [5.74, 6) is -0.127. The molecule has 2 N–H and O–H groups in total. The van der Waals surface area contributed by atoms with Gasteiger partial charge in [-0.25, -0.2) is 0 Å². The number of hydrogen-bond acceptors (Lipinski definition) is 4. The van der Waals surface area contributed by atoms with Crippen LogP contribution in [0.25, 0.3) is 10.9 Å². The fourth-order valence-corrected chi connectivity index (χ4v) is 2.62. The van der Waals surface area contributed by atoms with E-state index in [-0.39, 0.29) is 5.91 Å². The van der Waals surface area contributed by atoms with Gasteiger partial charge in [0.1, 0.15) is 0 Å².